The molecule has 122 valence electrons. The average Bonchev–Trinajstić information content (AvgIpc) is 2.79. The topological polar surface area (TPSA) is 88.2 Å². The quantitative estimate of drug-likeness (QED) is 0.904. The van der Waals surface area contributed by atoms with Crippen molar-refractivity contribution in [2.24, 2.45) is 0 Å². The molecular weight excluding hydrogens is 290 g/mol. The number of hydrogen-bond donors (Lipinski definition) is 2. The second-order valence-electron chi connectivity index (χ2n) is 5.98. The fourth-order valence-electron chi connectivity index (χ4n) is 3.31. The molecular formula is C17H23N5O. The maximum atomic E-state index is 9.64. The summed E-state index contributed by atoms with van der Waals surface area (Å²) in [6.07, 6.45) is 6.21. The van der Waals surface area contributed by atoms with Crippen LogP contribution in [0.15, 0.2) is 24.4 Å². The van der Waals surface area contributed by atoms with Gasteiger partial charge >= 0.3 is 0 Å². The van der Waals surface area contributed by atoms with Crippen molar-refractivity contribution in [1.29, 1.82) is 0 Å². The van der Waals surface area contributed by atoms with Crippen molar-refractivity contribution in [2.75, 3.05) is 17.2 Å². The Balaban J connectivity index is 2.03. The van der Waals surface area contributed by atoms with Crippen LogP contribution in [0, 0.1) is 6.92 Å². The highest BCUT2D eigenvalue weighted by Crippen LogP contribution is 2.34. The molecule has 6 nitrogen and oxygen atoms in total. The van der Waals surface area contributed by atoms with E-state index in [9.17, 15) is 5.11 Å². The summed E-state index contributed by atoms with van der Waals surface area (Å²) in [7, 11) is 0. The summed E-state index contributed by atoms with van der Waals surface area (Å²) in [5.41, 5.74) is 8.52. The molecule has 1 fully saturated rings. The van der Waals surface area contributed by atoms with Crippen LogP contribution in [-0.4, -0.2) is 26.6 Å². The van der Waals surface area contributed by atoms with Crippen molar-refractivity contribution in [3.8, 4) is 0 Å². The van der Waals surface area contributed by atoms with E-state index in [-0.39, 0.29) is 12.6 Å². The molecule has 0 aliphatic carbocycles. The maximum Gasteiger partial charge on any atom is 0.222 e. The zero-order valence-corrected chi connectivity index (χ0v) is 13.4. The number of rotatable bonds is 3. The van der Waals surface area contributed by atoms with Crippen LogP contribution in [-0.2, 0) is 6.61 Å². The molecule has 0 saturated carbocycles. The molecule has 6 heteroatoms. The van der Waals surface area contributed by atoms with Gasteiger partial charge < -0.3 is 15.7 Å². The molecule has 1 aliphatic heterocycles. The maximum absolute atomic E-state index is 9.64. The third-order valence-corrected chi connectivity index (χ3v) is 4.34. The Morgan fingerprint density at radius 3 is 2.96 bits per heavy atom. The van der Waals surface area contributed by atoms with Crippen LogP contribution in [0.4, 0.5) is 11.8 Å². The Morgan fingerprint density at radius 1 is 1.30 bits per heavy atom. The van der Waals surface area contributed by atoms with E-state index >= 15 is 0 Å². The second kappa shape index (κ2) is 6.91. The van der Waals surface area contributed by atoms with Gasteiger partial charge in [0.2, 0.25) is 5.95 Å². The van der Waals surface area contributed by atoms with E-state index in [4.69, 9.17) is 5.73 Å². The van der Waals surface area contributed by atoms with Gasteiger partial charge in [-0.25, -0.2) is 4.98 Å². The van der Waals surface area contributed by atoms with Crippen LogP contribution in [0.25, 0.3) is 0 Å². The van der Waals surface area contributed by atoms with E-state index in [1.54, 1.807) is 6.20 Å². The Bertz CT molecular complexity index is 656. The van der Waals surface area contributed by atoms with Gasteiger partial charge in [0.1, 0.15) is 5.82 Å². The van der Waals surface area contributed by atoms with Gasteiger partial charge in [0.05, 0.1) is 18.3 Å². The summed E-state index contributed by atoms with van der Waals surface area (Å²) < 4.78 is 0. The molecule has 2 aromatic heterocycles. The van der Waals surface area contributed by atoms with Gasteiger partial charge in [0.15, 0.2) is 0 Å². The zero-order chi connectivity index (χ0) is 16.2. The first-order chi connectivity index (χ1) is 11.2. The van der Waals surface area contributed by atoms with Crippen molar-refractivity contribution in [3.05, 3.63) is 41.3 Å². The number of anilines is 2. The Morgan fingerprint density at radius 2 is 2.17 bits per heavy atom. The van der Waals surface area contributed by atoms with Crippen molar-refractivity contribution in [2.45, 2.75) is 45.3 Å². The smallest absolute Gasteiger partial charge is 0.222 e. The first-order valence-electron chi connectivity index (χ1n) is 8.11. The highest BCUT2D eigenvalue weighted by atomic mass is 16.3. The first-order valence-corrected chi connectivity index (χ1v) is 8.11. The van der Waals surface area contributed by atoms with Crippen LogP contribution >= 0.6 is 0 Å². The zero-order valence-electron chi connectivity index (χ0n) is 13.4. The van der Waals surface area contributed by atoms with Gasteiger partial charge in [-0.15, -0.1) is 0 Å². The van der Waals surface area contributed by atoms with Crippen LogP contribution in [0.1, 0.15) is 48.7 Å². The first kappa shape index (κ1) is 15.7. The van der Waals surface area contributed by atoms with E-state index in [0.717, 1.165) is 48.6 Å². The molecule has 1 saturated heterocycles. The number of aryl methyl sites for hydroxylation is 1. The van der Waals surface area contributed by atoms with Crippen LogP contribution in [0.2, 0.25) is 0 Å². The standard InChI is InChI=1S/C17H23N5O/c1-12-10-16(21-17(18)20-12)22-9-4-2-3-7-15(22)13-6-5-8-19-14(13)11-23/h5-6,8,10,15,23H,2-4,7,9,11H2,1H3,(H2,18,20,21). The van der Waals surface area contributed by atoms with Crippen LogP contribution in [0.5, 0.6) is 0 Å². The van der Waals surface area contributed by atoms with Crippen molar-refractivity contribution in [1.82, 2.24) is 15.0 Å². The van der Waals surface area contributed by atoms with Gasteiger partial charge in [-0.1, -0.05) is 18.9 Å². The van der Waals surface area contributed by atoms with Gasteiger partial charge in [-0.3, -0.25) is 4.98 Å². The monoisotopic (exact) mass is 313 g/mol. The Kier molecular flexibility index (Phi) is 4.71. The molecule has 0 amide bonds. The number of aliphatic hydroxyl groups is 1. The molecule has 0 bridgehead atoms. The Hall–Kier alpha value is -2.21. The number of nitrogens with zero attached hydrogens (tertiary/aromatic N) is 4. The highest BCUT2D eigenvalue weighted by Gasteiger charge is 2.26. The van der Waals surface area contributed by atoms with E-state index in [1.165, 1.54) is 6.42 Å². The minimum absolute atomic E-state index is 0.0501. The molecule has 2 aromatic rings. The Labute approximate surface area is 136 Å². The second-order valence-corrected chi connectivity index (χ2v) is 5.98. The molecule has 0 aromatic carbocycles. The molecule has 23 heavy (non-hydrogen) atoms. The fraction of sp³-hybridized carbons (Fsp3) is 0.471. The molecule has 1 atom stereocenters. The summed E-state index contributed by atoms with van der Waals surface area (Å²) in [6.45, 7) is 2.80. The van der Waals surface area contributed by atoms with Gasteiger partial charge in [0.25, 0.3) is 0 Å². The predicted molar refractivity (Wildman–Crippen MR) is 89.9 cm³/mol. The van der Waals surface area contributed by atoms with Crippen LogP contribution < -0.4 is 10.6 Å². The van der Waals surface area contributed by atoms with E-state index in [1.807, 2.05) is 19.1 Å². The van der Waals surface area contributed by atoms with Gasteiger partial charge in [-0.2, -0.15) is 4.98 Å². The summed E-state index contributed by atoms with van der Waals surface area (Å²) in [4.78, 5) is 15.2. The molecule has 0 radical (unpaired) electrons. The summed E-state index contributed by atoms with van der Waals surface area (Å²) in [5.74, 6) is 1.16. The minimum Gasteiger partial charge on any atom is -0.390 e. The minimum atomic E-state index is -0.0501. The lowest BCUT2D eigenvalue weighted by atomic mass is 9.99. The number of aliphatic hydroxyl groups excluding tert-OH is 1. The number of nitrogen functional groups attached to an aromatic ring is 1. The number of aromatic nitrogens is 3. The van der Waals surface area contributed by atoms with E-state index < -0.39 is 0 Å². The number of pyridine rings is 1. The normalized spacial score (nSPS) is 18.7. The summed E-state index contributed by atoms with van der Waals surface area (Å²) in [5, 5.41) is 9.64. The summed E-state index contributed by atoms with van der Waals surface area (Å²) >= 11 is 0. The van der Waals surface area contributed by atoms with E-state index in [0.29, 0.717) is 5.95 Å². The summed E-state index contributed by atoms with van der Waals surface area (Å²) in [6, 6.07) is 6.11. The lowest BCUT2D eigenvalue weighted by molar-refractivity contribution is 0.274. The van der Waals surface area contributed by atoms with Crippen molar-refractivity contribution in [3.63, 3.8) is 0 Å². The van der Waals surface area contributed by atoms with E-state index in [2.05, 4.69) is 25.9 Å². The number of nitrogens with two attached hydrogens (primary N) is 1. The third-order valence-electron chi connectivity index (χ3n) is 4.34. The van der Waals surface area contributed by atoms with Crippen molar-refractivity contribution >= 4 is 11.8 Å². The van der Waals surface area contributed by atoms with Crippen LogP contribution in [0.3, 0.4) is 0 Å². The molecule has 3 heterocycles. The predicted octanol–water partition coefficient (Wildman–Crippen LogP) is 2.38. The molecule has 1 unspecified atom stereocenters. The van der Waals surface area contributed by atoms with Gasteiger partial charge in [-0.05, 0) is 31.4 Å². The van der Waals surface area contributed by atoms with Gasteiger partial charge in [0, 0.05) is 24.5 Å². The molecule has 3 rings (SSSR count). The molecule has 1 aliphatic rings. The number of hydrogen-bond acceptors (Lipinski definition) is 6. The molecule has 3 N–H and O–H groups in total. The third kappa shape index (κ3) is 3.42. The SMILES string of the molecule is Cc1cc(N2CCCCCC2c2cccnc2CO)nc(N)n1. The van der Waals surface area contributed by atoms with Crippen molar-refractivity contribution < 1.29 is 5.11 Å². The average molecular weight is 313 g/mol. The largest absolute Gasteiger partial charge is 0.390 e. The highest BCUT2D eigenvalue weighted by molar-refractivity contribution is 5.47. The lowest BCUT2D eigenvalue weighted by Gasteiger charge is -2.32. The lowest BCUT2D eigenvalue weighted by Crippen LogP contribution is -2.30. The molecule has 0 spiro atoms. The fourth-order valence-corrected chi connectivity index (χ4v) is 3.31.